The van der Waals surface area contributed by atoms with Gasteiger partial charge in [0.25, 0.3) is 5.69 Å². The summed E-state index contributed by atoms with van der Waals surface area (Å²) in [5.41, 5.74) is 3.99. The van der Waals surface area contributed by atoms with E-state index in [9.17, 15) is 24.1 Å². The predicted octanol–water partition coefficient (Wildman–Crippen LogP) is 0.734. The number of non-ortho nitro benzene ring substituents is 1. The van der Waals surface area contributed by atoms with Crippen molar-refractivity contribution in [2.45, 2.75) is 0 Å². The van der Waals surface area contributed by atoms with E-state index in [-0.39, 0.29) is 11.3 Å². The van der Waals surface area contributed by atoms with E-state index in [1.54, 1.807) is 0 Å². The van der Waals surface area contributed by atoms with Crippen molar-refractivity contribution in [3.8, 4) is 0 Å². The number of nitrogens with two attached hydrogens (primary N) is 1. The summed E-state index contributed by atoms with van der Waals surface area (Å²) >= 11 is 0. The number of hydrogen-bond acceptors (Lipinski definition) is 4. The van der Waals surface area contributed by atoms with E-state index in [2.05, 4.69) is 5.73 Å². The van der Waals surface area contributed by atoms with Gasteiger partial charge in [0.1, 0.15) is 0 Å². The van der Waals surface area contributed by atoms with E-state index in [0.29, 0.717) is 0 Å². The zero-order valence-corrected chi connectivity index (χ0v) is 8.50. The summed E-state index contributed by atoms with van der Waals surface area (Å²) in [5.74, 6) is -2.08. The Bertz CT molecular complexity index is 406. The second-order valence-electron chi connectivity index (χ2n) is 2.71. The van der Waals surface area contributed by atoms with Gasteiger partial charge in [-0.15, -0.1) is 0 Å². The molecule has 7 nitrogen and oxygen atoms in total. The fourth-order valence-corrected chi connectivity index (χ4v) is 0.753. The van der Waals surface area contributed by atoms with Gasteiger partial charge in [0, 0.05) is 12.1 Å². The lowest BCUT2D eigenvalue weighted by molar-refractivity contribution is -0.384. The molecule has 0 spiro atoms. The van der Waals surface area contributed by atoms with Crippen molar-refractivity contribution in [2.75, 3.05) is 6.67 Å². The number of halogens is 1. The van der Waals surface area contributed by atoms with Crippen LogP contribution in [0.25, 0.3) is 0 Å². The maximum atomic E-state index is 10.6. The number of carboxylic acids is 1. The van der Waals surface area contributed by atoms with Gasteiger partial charge >= 0.3 is 5.97 Å². The van der Waals surface area contributed by atoms with Crippen molar-refractivity contribution < 1.29 is 24.0 Å². The number of nitro benzene ring substituents is 1. The van der Waals surface area contributed by atoms with Gasteiger partial charge in [-0.2, -0.15) is 0 Å². The normalized spacial score (nSPS) is 8.76. The Hall–Kier alpha value is -2.51. The Kier molecular flexibility index (Phi) is 5.86. The quantitative estimate of drug-likeness (QED) is 0.599. The lowest BCUT2D eigenvalue weighted by atomic mass is 10.2. The standard InChI is InChI=1S/C7H5NO4.C2H4FNO/c9-7(10)5-2-1-3-6(4-5)8(11)12;3-1-2(4)5/h1-4H,(H,9,10);1H2,(H2,4,5). The molecule has 0 bridgehead atoms. The van der Waals surface area contributed by atoms with Gasteiger partial charge < -0.3 is 10.8 Å². The van der Waals surface area contributed by atoms with Crippen LogP contribution in [0.5, 0.6) is 0 Å². The molecule has 0 aliphatic carbocycles. The number of hydrogen-bond donors (Lipinski definition) is 2. The van der Waals surface area contributed by atoms with Crippen molar-refractivity contribution >= 4 is 17.6 Å². The van der Waals surface area contributed by atoms with Gasteiger partial charge in [0.2, 0.25) is 5.91 Å². The molecule has 1 aromatic carbocycles. The molecule has 0 heterocycles. The van der Waals surface area contributed by atoms with E-state index in [4.69, 9.17) is 5.11 Å². The third-order valence-electron chi connectivity index (χ3n) is 1.44. The summed E-state index contributed by atoms with van der Waals surface area (Å²) in [7, 11) is 0. The number of primary amides is 1. The second kappa shape index (κ2) is 6.88. The maximum absolute atomic E-state index is 10.6. The minimum absolute atomic E-state index is 0.0794. The van der Waals surface area contributed by atoms with E-state index < -0.39 is 23.5 Å². The lowest BCUT2D eigenvalue weighted by Gasteiger charge is -1.92. The van der Waals surface area contributed by atoms with Crippen molar-refractivity contribution in [2.24, 2.45) is 5.73 Å². The first-order valence-electron chi connectivity index (χ1n) is 4.20. The number of carboxylic acid groups (broad SMARTS) is 1. The van der Waals surface area contributed by atoms with Gasteiger partial charge in [-0.05, 0) is 6.07 Å². The summed E-state index contributed by atoms with van der Waals surface area (Å²) < 4.78 is 10.6. The van der Waals surface area contributed by atoms with Crippen LogP contribution in [-0.2, 0) is 4.79 Å². The van der Waals surface area contributed by atoms with Crippen molar-refractivity contribution in [3.05, 3.63) is 39.9 Å². The zero-order valence-electron chi connectivity index (χ0n) is 8.50. The Labute approximate surface area is 94.8 Å². The molecule has 1 aromatic rings. The molecule has 0 unspecified atom stereocenters. The van der Waals surface area contributed by atoms with E-state index in [0.717, 1.165) is 6.07 Å². The summed E-state index contributed by atoms with van der Waals surface area (Å²) in [6, 6.07) is 4.89. The number of alkyl halides is 1. The number of rotatable bonds is 3. The largest absolute Gasteiger partial charge is 0.478 e. The molecule has 0 fully saturated rings. The first kappa shape index (κ1) is 14.5. The number of carbonyl (C=O) groups excluding carboxylic acids is 1. The maximum Gasteiger partial charge on any atom is 0.335 e. The summed E-state index contributed by atoms with van der Waals surface area (Å²) in [5, 5.41) is 18.7. The SMILES string of the molecule is NC(=O)CF.O=C(O)c1cccc([N+](=O)[O-])c1. The van der Waals surface area contributed by atoms with Gasteiger partial charge in [-0.3, -0.25) is 14.9 Å². The van der Waals surface area contributed by atoms with Gasteiger partial charge in [-0.25, -0.2) is 9.18 Å². The van der Waals surface area contributed by atoms with Gasteiger partial charge in [0.05, 0.1) is 10.5 Å². The highest BCUT2D eigenvalue weighted by molar-refractivity contribution is 5.88. The number of nitro groups is 1. The Balaban J connectivity index is 0.000000437. The Morgan fingerprint density at radius 3 is 2.35 bits per heavy atom. The van der Waals surface area contributed by atoms with E-state index in [1.165, 1.54) is 18.2 Å². The van der Waals surface area contributed by atoms with Crippen LogP contribution in [0.2, 0.25) is 0 Å². The highest BCUT2D eigenvalue weighted by Gasteiger charge is 2.09. The Morgan fingerprint density at radius 1 is 1.47 bits per heavy atom. The Morgan fingerprint density at radius 2 is 2.00 bits per heavy atom. The fraction of sp³-hybridized carbons (Fsp3) is 0.111. The highest BCUT2D eigenvalue weighted by atomic mass is 19.1. The number of carbonyl (C=O) groups is 2. The van der Waals surface area contributed by atoms with Crippen LogP contribution in [0, 0.1) is 10.1 Å². The number of aromatic carboxylic acids is 1. The topological polar surface area (TPSA) is 124 Å². The van der Waals surface area contributed by atoms with Crippen LogP contribution in [0.1, 0.15) is 10.4 Å². The van der Waals surface area contributed by atoms with Gasteiger partial charge in [0.15, 0.2) is 6.67 Å². The second-order valence-corrected chi connectivity index (χ2v) is 2.71. The molecule has 92 valence electrons. The molecule has 0 radical (unpaired) electrons. The molecule has 17 heavy (non-hydrogen) atoms. The molecule has 0 aliphatic heterocycles. The van der Waals surface area contributed by atoms with Crippen LogP contribution in [0.4, 0.5) is 10.1 Å². The first-order chi connectivity index (χ1) is 7.88. The summed E-state index contributed by atoms with van der Waals surface area (Å²) in [4.78, 5) is 29.1. The van der Waals surface area contributed by atoms with Crippen molar-refractivity contribution in [1.82, 2.24) is 0 Å². The van der Waals surface area contributed by atoms with E-state index in [1.807, 2.05) is 0 Å². The molecule has 1 rings (SSSR count). The molecule has 0 saturated heterocycles. The summed E-state index contributed by atoms with van der Waals surface area (Å²) in [6.45, 7) is -1.06. The van der Waals surface area contributed by atoms with Crippen LogP contribution in [0.15, 0.2) is 24.3 Å². The summed E-state index contributed by atoms with van der Waals surface area (Å²) in [6.07, 6.45) is 0. The van der Waals surface area contributed by atoms with E-state index >= 15 is 0 Å². The average molecular weight is 244 g/mol. The number of benzene rings is 1. The van der Waals surface area contributed by atoms with Crippen molar-refractivity contribution in [3.63, 3.8) is 0 Å². The smallest absolute Gasteiger partial charge is 0.335 e. The molecule has 0 aromatic heterocycles. The minimum Gasteiger partial charge on any atom is -0.478 e. The van der Waals surface area contributed by atoms with Crippen LogP contribution < -0.4 is 5.73 Å². The molecule has 0 saturated carbocycles. The lowest BCUT2D eigenvalue weighted by Crippen LogP contribution is -2.11. The molecule has 8 heteroatoms. The first-order valence-corrected chi connectivity index (χ1v) is 4.20. The fourth-order valence-electron chi connectivity index (χ4n) is 0.753. The number of nitrogens with zero attached hydrogens (tertiary/aromatic N) is 1. The van der Waals surface area contributed by atoms with Crippen LogP contribution >= 0.6 is 0 Å². The third-order valence-corrected chi connectivity index (χ3v) is 1.44. The number of amides is 1. The van der Waals surface area contributed by atoms with Crippen molar-refractivity contribution in [1.29, 1.82) is 0 Å². The molecule has 0 aliphatic rings. The molecular weight excluding hydrogens is 235 g/mol. The molecular formula is C9H9FN2O5. The predicted molar refractivity (Wildman–Crippen MR) is 55.2 cm³/mol. The van der Waals surface area contributed by atoms with Gasteiger partial charge in [-0.1, -0.05) is 6.07 Å². The van der Waals surface area contributed by atoms with Crippen LogP contribution in [0.3, 0.4) is 0 Å². The highest BCUT2D eigenvalue weighted by Crippen LogP contribution is 2.12. The molecule has 1 amide bonds. The third kappa shape index (κ3) is 5.82. The molecule has 3 N–H and O–H groups in total. The molecule has 0 atom stereocenters. The zero-order chi connectivity index (χ0) is 13.4. The minimum atomic E-state index is -1.17. The monoisotopic (exact) mass is 244 g/mol. The average Bonchev–Trinajstić information content (AvgIpc) is 2.29. The van der Waals surface area contributed by atoms with Crippen LogP contribution in [-0.4, -0.2) is 28.6 Å².